The lowest BCUT2D eigenvalue weighted by atomic mass is 10.0. The predicted molar refractivity (Wildman–Crippen MR) is 161 cm³/mol. The molecular formula is C29H27ClN2O4S3. The van der Waals surface area contributed by atoms with Crippen molar-refractivity contribution in [1.82, 2.24) is 9.55 Å². The quantitative estimate of drug-likeness (QED) is 0.195. The van der Waals surface area contributed by atoms with Crippen LogP contribution in [0.1, 0.15) is 40.6 Å². The second kappa shape index (κ2) is 10.6. The average Bonchev–Trinajstić information content (AvgIpc) is 3.50. The van der Waals surface area contributed by atoms with Gasteiger partial charge in [0.1, 0.15) is 0 Å². The van der Waals surface area contributed by atoms with Crippen molar-refractivity contribution in [3.8, 4) is 21.6 Å². The van der Waals surface area contributed by atoms with Gasteiger partial charge in [-0.1, -0.05) is 37.6 Å². The van der Waals surface area contributed by atoms with E-state index in [-0.39, 0.29) is 16.3 Å². The molecule has 0 spiro atoms. The standard InChI is InChI=1S/C29H27ClN2O4S3/c1-5-19-13-26-22(25(6-2)31-19)14-23(27-10-7-16(3)37-27)28(33)32(26)15-18-8-9-20(24(30)12-18)21-11-17(4)38-29(21)39(34,35)36/h7-14H,5-6,15H2,1-4H3,(H,34,35,36). The zero-order chi connectivity index (χ0) is 28.1. The molecule has 5 rings (SSSR count). The highest BCUT2D eigenvalue weighted by atomic mass is 35.5. The monoisotopic (exact) mass is 598 g/mol. The fourth-order valence-electron chi connectivity index (χ4n) is 4.78. The molecule has 5 aromatic rings. The molecule has 0 radical (unpaired) electrons. The van der Waals surface area contributed by atoms with Crippen LogP contribution < -0.4 is 5.56 Å². The van der Waals surface area contributed by atoms with Gasteiger partial charge in [0, 0.05) is 47.6 Å². The van der Waals surface area contributed by atoms with E-state index in [4.69, 9.17) is 16.6 Å². The summed E-state index contributed by atoms with van der Waals surface area (Å²) in [6.45, 7) is 8.18. The maximum absolute atomic E-state index is 14.0. The number of fused-ring (bicyclic) bond motifs is 1. The lowest BCUT2D eigenvalue weighted by Gasteiger charge is -2.16. The SMILES string of the molecule is CCc1cc2c(cc(-c3ccc(C)s3)c(=O)n2Cc2ccc(-c3cc(C)sc3S(=O)(=O)O)c(Cl)c2)c(CC)n1. The summed E-state index contributed by atoms with van der Waals surface area (Å²) in [4.78, 5) is 21.6. The minimum Gasteiger partial charge on any atom is -0.303 e. The van der Waals surface area contributed by atoms with Crippen LogP contribution in [0.15, 0.2) is 57.5 Å². The first-order chi connectivity index (χ1) is 18.5. The van der Waals surface area contributed by atoms with Crippen LogP contribution in [-0.4, -0.2) is 22.5 Å². The van der Waals surface area contributed by atoms with E-state index >= 15 is 0 Å². The Kier molecular flexibility index (Phi) is 7.56. The summed E-state index contributed by atoms with van der Waals surface area (Å²) < 4.78 is 35.3. The van der Waals surface area contributed by atoms with Gasteiger partial charge in [-0.15, -0.1) is 22.7 Å². The van der Waals surface area contributed by atoms with Crippen LogP contribution >= 0.6 is 34.3 Å². The zero-order valence-electron chi connectivity index (χ0n) is 21.9. The van der Waals surface area contributed by atoms with Crippen molar-refractivity contribution in [3.05, 3.63) is 90.6 Å². The molecule has 39 heavy (non-hydrogen) atoms. The van der Waals surface area contributed by atoms with E-state index in [1.54, 1.807) is 41.0 Å². The van der Waals surface area contributed by atoms with Crippen LogP contribution in [0.3, 0.4) is 0 Å². The molecule has 0 bridgehead atoms. The molecule has 202 valence electrons. The molecule has 0 unspecified atom stereocenters. The van der Waals surface area contributed by atoms with E-state index in [2.05, 4.69) is 6.92 Å². The summed E-state index contributed by atoms with van der Waals surface area (Å²) in [6, 6.07) is 15.0. The Labute approximate surface area is 240 Å². The van der Waals surface area contributed by atoms with Gasteiger partial charge in [0.2, 0.25) is 0 Å². The Morgan fingerprint density at radius 1 is 0.923 bits per heavy atom. The van der Waals surface area contributed by atoms with Gasteiger partial charge < -0.3 is 4.57 Å². The van der Waals surface area contributed by atoms with Gasteiger partial charge in [0.05, 0.1) is 17.6 Å². The topological polar surface area (TPSA) is 89.3 Å². The van der Waals surface area contributed by atoms with Gasteiger partial charge in [-0.2, -0.15) is 8.42 Å². The highest BCUT2D eigenvalue weighted by Gasteiger charge is 2.22. The number of thiophene rings is 2. The molecule has 10 heteroatoms. The van der Waals surface area contributed by atoms with E-state index in [0.29, 0.717) is 21.7 Å². The summed E-state index contributed by atoms with van der Waals surface area (Å²) in [6.07, 6.45) is 1.49. The van der Waals surface area contributed by atoms with Crippen LogP contribution in [0.2, 0.25) is 5.02 Å². The second-order valence-corrected chi connectivity index (χ2v) is 14.0. The highest BCUT2D eigenvalue weighted by Crippen LogP contribution is 2.39. The molecule has 4 aromatic heterocycles. The van der Waals surface area contributed by atoms with E-state index in [9.17, 15) is 17.8 Å². The van der Waals surface area contributed by atoms with Gasteiger partial charge in [-0.3, -0.25) is 14.3 Å². The lowest BCUT2D eigenvalue weighted by Crippen LogP contribution is -2.23. The molecule has 4 heterocycles. The first-order valence-corrected chi connectivity index (χ1v) is 15.9. The van der Waals surface area contributed by atoms with Crippen LogP contribution in [0.5, 0.6) is 0 Å². The summed E-state index contributed by atoms with van der Waals surface area (Å²) in [5, 5.41) is 1.28. The van der Waals surface area contributed by atoms with Gasteiger partial charge in [-0.25, -0.2) is 0 Å². The minimum absolute atomic E-state index is 0.0954. The number of pyridine rings is 2. The number of benzene rings is 1. The Morgan fingerprint density at radius 3 is 2.31 bits per heavy atom. The molecule has 0 aliphatic heterocycles. The van der Waals surface area contributed by atoms with E-state index in [1.165, 1.54) is 0 Å². The van der Waals surface area contributed by atoms with Crippen molar-refractivity contribution >= 4 is 55.3 Å². The molecule has 0 aliphatic rings. The van der Waals surface area contributed by atoms with Gasteiger partial charge in [0.15, 0.2) is 4.21 Å². The third-order valence-electron chi connectivity index (χ3n) is 6.65. The van der Waals surface area contributed by atoms with Crippen molar-refractivity contribution in [2.45, 2.75) is 51.3 Å². The first kappa shape index (κ1) is 27.7. The highest BCUT2D eigenvalue weighted by molar-refractivity contribution is 7.88. The number of halogens is 1. The lowest BCUT2D eigenvalue weighted by molar-refractivity contribution is 0.486. The van der Waals surface area contributed by atoms with Crippen molar-refractivity contribution in [2.24, 2.45) is 0 Å². The van der Waals surface area contributed by atoms with Crippen LogP contribution in [0, 0.1) is 13.8 Å². The van der Waals surface area contributed by atoms with E-state index < -0.39 is 10.1 Å². The van der Waals surface area contributed by atoms with E-state index in [1.807, 2.05) is 44.2 Å². The van der Waals surface area contributed by atoms with Gasteiger partial charge in [0.25, 0.3) is 5.56 Å². The van der Waals surface area contributed by atoms with Crippen LogP contribution in [-0.2, 0) is 29.5 Å². The molecule has 0 atom stereocenters. The molecule has 6 nitrogen and oxygen atoms in total. The molecule has 0 saturated carbocycles. The molecular weight excluding hydrogens is 572 g/mol. The Morgan fingerprint density at radius 2 is 1.69 bits per heavy atom. The fourth-order valence-corrected chi connectivity index (χ4v) is 7.97. The summed E-state index contributed by atoms with van der Waals surface area (Å²) in [5.41, 5.74) is 4.89. The largest absolute Gasteiger partial charge is 0.304 e. The molecule has 0 saturated heterocycles. The normalized spacial score (nSPS) is 11.9. The number of hydrogen-bond acceptors (Lipinski definition) is 6. The smallest absolute Gasteiger partial charge is 0.303 e. The van der Waals surface area contributed by atoms with Crippen molar-refractivity contribution in [2.75, 3.05) is 0 Å². The molecule has 0 aliphatic carbocycles. The number of aryl methyl sites for hydroxylation is 4. The minimum atomic E-state index is -4.40. The second-order valence-electron chi connectivity index (χ2n) is 9.41. The molecule has 0 fully saturated rings. The molecule has 1 aromatic carbocycles. The number of hydrogen-bond donors (Lipinski definition) is 1. The number of aromatic nitrogens is 2. The predicted octanol–water partition coefficient (Wildman–Crippen LogP) is 7.54. The van der Waals surface area contributed by atoms with Crippen LogP contribution in [0.25, 0.3) is 32.5 Å². The number of rotatable bonds is 7. The molecule has 1 N–H and O–H groups in total. The van der Waals surface area contributed by atoms with Crippen molar-refractivity contribution in [1.29, 1.82) is 0 Å². The fraction of sp³-hybridized carbons (Fsp3) is 0.241. The van der Waals surface area contributed by atoms with Gasteiger partial charge >= 0.3 is 10.1 Å². The van der Waals surface area contributed by atoms with Gasteiger partial charge in [-0.05, 0) is 68.7 Å². The van der Waals surface area contributed by atoms with Crippen molar-refractivity contribution < 1.29 is 13.0 Å². The zero-order valence-corrected chi connectivity index (χ0v) is 25.1. The average molecular weight is 599 g/mol. The Bertz CT molecular complexity index is 1900. The van der Waals surface area contributed by atoms with Crippen LogP contribution in [0.4, 0.5) is 0 Å². The third kappa shape index (κ3) is 5.34. The Balaban J connectivity index is 1.68. The summed E-state index contributed by atoms with van der Waals surface area (Å²) in [7, 11) is -4.40. The van der Waals surface area contributed by atoms with Crippen molar-refractivity contribution in [3.63, 3.8) is 0 Å². The summed E-state index contributed by atoms with van der Waals surface area (Å²) >= 11 is 9.26. The van der Waals surface area contributed by atoms with E-state index in [0.717, 1.165) is 66.7 Å². The first-order valence-electron chi connectivity index (χ1n) is 12.5. The number of nitrogens with zero attached hydrogens (tertiary/aromatic N) is 2. The maximum atomic E-state index is 14.0. The molecule has 0 amide bonds. The maximum Gasteiger partial charge on any atom is 0.304 e. The third-order valence-corrected chi connectivity index (χ3v) is 10.4. The summed E-state index contributed by atoms with van der Waals surface area (Å²) in [5.74, 6) is 0. The Hall–Kier alpha value is -2.82.